The number of para-hydroxylation sites is 1. The molecule has 1 saturated heterocycles. The highest BCUT2D eigenvalue weighted by Crippen LogP contribution is 2.61. The molecule has 4 aliphatic carbocycles. The Labute approximate surface area is 207 Å². The zero-order valence-electron chi connectivity index (χ0n) is 21.9. The molecule has 4 heteroatoms. The maximum Gasteiger partial charge on any atom is 0.190 e. The van der Waals surface area contributed by atoms with Gasteiger partial charge in [-0.2, -0.15) is 0 Å². The monoisotopic (exact) mass is 463 g/mol. The Bertz CT molecular complexity index is 873. The molecular weight excluding hydrogens is 418 g/mol. The molecule has 7 rings (SSSR count). The van der Waals surface area contributed by atoms with Crippen molar-refractivity contribution in [3.63, 3.8) is 0 Å². The summed E-state index contributed by atoms with van der Waals surface area (Å²) in [5.41, 5.74) is 4.83. The van der Waals surface area contributed by atoms with Gasteiger partial charge >= 0.3 is 0 Å². The average molecular weight is 464 g/mol. The normalized spacial score (nSPS) is 35.0. The van der Waals surface area contributed by atoms with Crippen molar-refractivity contribution in [1.82, 2.24) is 4.90 Å². The Morgan fingerprint density at radius 2 is 1.56 bits per heavy atom. The molecule has 1 aromatic carbocycles. The number of benzene rings is 1. The van der Waals surface area contributed by atoms with Crippen molar-refractivity contribution in [2.24, 2.45) is 28.2 Å². The van der Waals surface area contributed by atoms with Crippen LogP contribution in [0.25, 0.3) is 0 Å². The van der Waals surface area contributed by atoms with E-state index in [9.17, 15) is 0 Å². The van der Waals surface area contributed by atoms with E-state index in [1.165, 1.54) is 61.2 Å². The van der Waals surface area contributed by atoms with Gasteiger partial charge in [0.1, 0.15) is 6.61 Å². The lowest BCUT2D eigenvalue weighted by Crippen LogP contribution is -2.50. The molecule has 1 unspecified atom stereocenters. The highest BCUT2D eigenvalue weighted by atomic mass is 16.5. The zero-order valence-corrected chi connectivity index (χ0v) is 21.9. The molecular formula is C30H45N3O. The number of hydrogen-bond acceptors (Lipinski definition) is 4. The molecule has 1 aromatic rings. The van der Waals surface area contributed by atoms with Gasteiger partial charge in [-0.3, -0.25) is 4.90 Å². The van der Waals surface area contributed by atoms with Gasteiger partial charge in [-0.15, -0.1) is 0 Å². The Kier molecular flexibility index (Phi) is 5.95. The number of ether oxygens (including phenoxy) is 1. The Morgan fingerprint density at radius 1 is 0.941 bits per heavy atom. The van der Waals surface area contributed by atoms with E-state index in [0.29, 0.717) is 23.3 Å². The molecule has 4 saturated carbocycles. The van der Waals surface area contributed by atoms with Crippen LogP contribution in [0.4, 0.5) is 5.69 Å². The van der Waals surface area contributed by atoms with Gasteiger partial charge in [0.15, 0.2) is 5.90 Å². The van der Waals surface area contributed by atoms with Crippen molar-refractivity contribution in [2.45, 2.75) is 90.5 Å². The van der Waals surface area contributed by atoms with E-state index in [4.69, 9.17) is 9.73 Å². The van der Waals surface area contributed by atoms with Crippen LogP contribution in [0, 0.1) is 23.2 Å². The molecule has 5 fully saturated rings. The predicted molar refractivity (Wildman–Crippen MR) is 141 cm³/mol. The van der Waals surface area contributed by atoms with Crippen LogP contribution in [-0.2, 0) is 4.74 Å². The second kappa shape index (κ2) is 8.84. The maximum atomic E-state index is 6.36. The molecule has 4 nitrogen and oxygen atoms in total. The third-order valence-electron chi connectivity index (χ3n) is 9.70. The lowest BCUT2D eigenvalue weighted by atomic mass is 9.49. The molecule has 34 heavy (non-hydrogen) atoms. The van der Waals surface area contributed by atoms with Crippen LogP contribution >= 0.6 is 0 Å². The highest BCUT2D eigenvalue weighted by molar-refractivity contribution is 5.84. The number of aliphatic imine (C=N–C) groups is 1. The quantitative estimate of drug-likeness (QED) is 0.467. The first-order valence-corrected chi connectivity index (χ1v) is 14.2. The number of nitrogens with zero attached hydrogens (tertiary/aromatic N) is 3. The predicted octanol–water partition coefficient (Wildman–Crippen LogP) is 6.42. The Hall–Kier alpha value is -1.55. The van der Waals surface area contributed by atoms with E-state index in [1.54, 1.807) is 0 Å². The van der Waals surface area contributed by atoms with Gasteiger partial charge in [0.2, 0.25) is 0 Å². The molecule has 1 atom stereocenters. The third kappa shape index (κ3) is 4.08. The van der Waals surface area contributed by atoms with Crippen molar-refractivity contribution >= 4 is 11.6 Å². The number of anilines is 1. The standard InChI is InChI=1S/C30H45N3O/c1-20(2)26-6-5-7-27(21(3)4)28(26)33-11-10-32(19-33)9-8-25-18-34-29(31-25)30-15-22-12-23(16-30)14-24(13-22)17-30/h5-7,20-25H,8-19H2,1-4H3. The second-order valence-electron chi connectivity index (χ2n) is 13.0. The molecule has 6 aliphatic rings. The molecule has 0 radical (unpaired) electrons. The van der Waals surface area contributed by atoms with Crippen LogP contribution in [0.5, 0.6) is 0 Å². The number of hydrogen-bond donors (Lipinski definition) is 0. The minimum absolute atomic E-state index is 0.321. The summed E-state index contributed by atoms with van der Waals surface area (Å²) >= 11 is 0. The second-order valence-corrected chi connectivity index (χ2v) is 13.0. The average Bonchev–Trinajstić information content (AvgIpc) is 3.46. The van der Waals surface area contributed by atoms with Crippen LogP contribution in [0.15, 0.2) is 23.2 Å². The molecule has 0 amide bonds. The lowest BCUT2D eigenvalue weighted by molar-refractivity contribution is -0.0226. The van der Waals surface area contributed by atoms with Crippen LogP contribution < -0.4 is 4.90 Å². The molecule has 0 spiro atoms. The van der Waals surface area contributed by atoms with Crippen molar-refractivity contribution in [3.8, 4) is 0 Å². The molecule has 2 aliphatic heterocycles. The summed E-state index contributed by atoms with van der Waals surface area (Å²) in [6.45, 7) is 14.6. The van der Waals surface area contributed by atoms with E-state index in [1.807, 2.05) is 0 Å². The van der Waals surface area contributed by atoms with Crippen molar-refractivity contribution in [1.29, 1.82) is 0 Å². The lowest BCUT2D eigenvalue weighted by Gasteiger charge is -2.56. The minimum atomic E-state index is 0.321. The fourth-order valence-electron chi connectivity index (χ4n) is 8.44. The van der Waals surface area contributed by atoms with E-state index < -0.39 is 0 Å². The molecule has 0 aromatic heterocycles. The first-order valence-electron chi connectivity index (χ1n) is 14.2. The summed E-state index contributed by atoms with van der Waals surface area (Å²) in [5, 5.41) is 0. The van der Waals surface area contributed by atoms with Crippen LogP contribution in [0.2, 0.25) is 0 Å². The minimum Gasteiger partial charge on any atom is -0.478 e. The third-order valence-corrected chi connectivity index (χ3v) is 9.70. The van der Waals surface area contributed by atoms with Gasteiger partial charge in [0.05, 0.1) is 12.7 Å². The van der Waals surface area contributed by atoms with Gasteiger partial charge in [-0.25, -0.2) is 4.99 Å². The SMILES string of the molecule is CC(C)c1cccc(C(C)C)c1N1CCN(CCC2COC(C34CC5CC(CC(C5)C3)C4)=N2)C1. The van der Waals surface area contributed by atoms with Crippen molar-refractivity contribution in [2.75, 3.05) is 37.8 Å². The van der Waals surface area contributed by atoms with Gasteiger partial charge in [-0.1, -0.05) is 45.9 Å². The van der Waals surface area contributed by atoms with Gasteiger partial charge in [0.25, 0.3) is 0 Å². The fourth-order valence-corrected chi connectivity index (χ4v) is 8.44. The Balaban J connectivity index is 1.09. The van der Waals surface area contributed by atoms with Gasteiger partial charge in [-0.05, 0) is 85.7 Å². The van der Waals surface area contributed by atoms with Crippen molar-refractivity contribution < 1.29 is 4.74 Å². The molecule has 2 heterocycles. The van der Waals surface area contributed by atoms with E-state index >= 15 is 0 Å². The first-order chi connectivity index (χ1) is 16.4. The van der Waals surface area contributed by atoms with E-state index in [2.05, 4.69) is 55.7 Å². The fraction of sp³-hybridized carbons (Fsp3) is 0.767. The summed E-state index contributed by atoms with van der Waals surface area (Å²) in [6.07, 6.45) is 9.67. The van der Waals surface area contributed by atoms with Crippen LogP contribution in [0.3, 0.4) is 0 Å². The summed E-state index contributed by atoms with van der Waals surface area (Å²) in [5.74, 6) is 5.14. The van der Waals surface area contributed by atoms with Crippen molar-refractivity contribution in [3.05, 3.63) is 29.3 Å². The topological polar surface area (TPSA) is 28.1 Å². The summed E-state index contributed by atoms with van der Waals surface area (Å²) in [6, 6.07) is 7.30. The summed E-state index contributed by atoms with van der Waals surface area (Å²) in [4.78, 5) is 10.5. The zero-order chi connectivity index (χ0) is 23.4. The first kappa shape index (κ1) is 22.9. The molecule has 186 valence electrons. The number of rotatable bonds is 7. The van der Waals surface area contributed by atoms with Crippen LogP contribution in [-0.4, -0.2) is 49.7 Å². The van der Waals surface area contributed by atoms with E-state index in [-0.39, 0.29) is 0 Å². The van der Waals surface area contributed by atoms with E-state index in [0.717, 1.165) is 57.1 Å². The van der Waals surface area contributed by atoms with Crippen LogP contribution in [0.1, 0.15) is 95.6 Å². The Morgan fingerprint density at radius 3 is 2.15 bits per heavy atom. The molecule has 4 bridgehead atoms. The highest BCUT2D eigenvalue weighted by Gasteiger charge is 2.55. The summed E-state index contributed by atoms with van der Waals surface area (Å²) < 4.78 is 6.36. The summed E-state index contributed by atoms with van der Waals surface area (Å²) in [7, 11) is 0. The smallest absolute Gasteiger partial charge is 0.190 e. The largest absolute Gasteiger partial charge is 0.478 e. The van der Waals surface area contributed by atoms with Gasteiger partial charge in [0, 0.05) is 30.7 Å². The maximum absolute atomic E-state index is 6.36. The molecule has 0 N–H and O–H groups in total. The van der Waals surface area contributed by atoms with Gasteiger partial charge < -0.3 is 9.64 Å².